The highest BCUT2D eigenvalue weighted by atomic mass is 35.5. The third-order valence-corrected chi connectivity index (χ3v) is 6.20. The molecule has 1 heterocycles. The number of carboxylic acids is 1. The number of hydrogen-bond donors (Lipinski definition) is 2. The zero-order chi connectivity index (χ0) is 24.5. The predicted molar refractivity (Wildman–Crippen MR) is 137 cm³/mol. The van der Waals surface area contributed by atoms with Crippen molar-refractivity contribution in [3.8, 4) is 33.4 Å². The standard InChI is InChI=1S/C29H19ClFNO3/c30-25-16-27-21(14-24(29(35)32-27)19-8-4-5-17(11-19)12-28(33)34)13-23(25)20-9-10-22(26(31)15-20)18-6-2-1-3-7-18/h1-11,13-16H,12H2,(H,32,35)(H,33,34). The van der Waals surface area contributed by atoms with E-state index in [0.717, 1.165) is 10.9 Å². The number of hydrogen-bond acceptors (Lipinski definition) is 2. The van der Waals surface area contributed by atoms with Gasteiger partial charge in [-0.1, -0.05) is 78.3 Å². The maximum atomic E-state index is 15.0. The molecule has 6 heteroatoms. The van der Waals surface area contributed by atoms with E-state index in [1.165, 1.54) is 6.07 Å². The number of halogens is 2. The molecule has 0 radical (unpaired) electrons. The molecule has 0 saturated heterocycles. The van der Waals surface area contributed by atoms with Crippen molar-refractivity contribution in [3.05, 3.63) is 118 Å². The van der Waals surface area contributed by atoms with E-state index in [4.69, 9.17) is 16.7 Å². The van der Waals surface area contributed by atoms with Gasteiger partial charge < -0.3 is 10.1 Å². The molecule has 0 fully saturated rings. The Labute approximate surface area is 205 Å². The van der Waals surface area contributed by atoms with Gasteiger partial charge in [0.05, 0.1) is 11.4 Å². The van der Waals surface area contributed by atoms with E-state index in [2.05, 4.69) is 4.98 Å². The Morgan fingerprint density at radius 3 is 2.26 bits per heavy atom. The summed E-state index contributed by atoms with van der Waals surface area (Å²) in [4.78, 5) is 26.7. The van der Waals surface area contributed by atoms with Crippen molar-refractivity contribution >= 4 is 28.5 Å². The number of aliphatic carboxylic acids is 1. The van der Waals surface area contributed by atoms with Crippen LogP contribution in [0.25, 0.3) is 44.3 Å². The predicted octanol–water partition coefficient (Wildman–Crippen LogP) is 6.95. The first kappa shape index (κ1) is 22.6. The molecule has 0 atom stereocenters. The molecule has 0 saturated carbocycles. The van der Waals surface area contributed by atoms with Gasteiger partial charge in [-0.25, -0.2) is 4.39 Å². The average molecular weight is 484 g/mol. The van der Waals surface area contributed by atoms with Crippen molar-refractivity contribution in [3.63, 3.8) is 0 Å². The second-order valence-electron chi connectivity index (χ2n) is 8.26. The van der Waals surface area contributed by atoms with Gasteiger partial charge in [-0.05, 0) is 51.9 Å². The summed E-state index contributed by atoms with van der Waals surface area (Å²) in [6.45, 7) is 0. The van der Waals surface area contributed by atoms with Crippen LogP contribution in [0.4, 0.5) is 4.39 Å². The van der Waals surface area contributed by atoms with Crippen molar-refractivity contribution in [1.82, 2.24) is 4.98 Å². The molecular weight excluding hydrogens is 465 g/mol. The summed E-state index contributed by atoms with van der Waals surface area (Å²) in [7, 11) is 0. The lowest BCUT2D eigenvalue weighted by molar-refractivity contribution is -0.136. The fourth-order valence-electron chi connectivity index (χ4n) is 4.22. The highest BCUT2D eigenvalue weighted by Gasteiger charge is 2.13. The highest BCUT2D eigenvalue weighted by molar-refractivity contribution is 6.34. The molecule has 2 N–H and O–H groups in total. The fraction of sp³-hybridized carbons (Fsp3) is 0.0345. The molecular formula is C29H19ClFNO3. The number of carbonyl (C=O) groups is 1. The molecule has 5 aromatic rings. The van der Waals surface area contributed by atoms with Gasteiger partial charge in [-0.3, -0.25) is 9.59 Å². The summed E-state index contributed by atoms with van der Waals surface area (Å²) < 4.78 is 15.0. The van der Waals surface area contributed by atoms with E-state index in [0.29, 0.717) is 43.9 Å². The van der Waals surface area contributed by atoms with Gasteiger partial charge in [0.1, 0.15) is 5.82 Å². The van der Waals surface area contributed by atoms with Crippen LogP contribution in [-0.4, -0.2) is 16.1 Å². The summed E-state index contributed by atoms with van der Waals surface area (Å²) in [6.07, 6.45) is -0.135. The zero-order valence-corrected chi connectivity index (χ0v) is 19.1. The van der Waals surface area contributed by atoms with E-state index in [-0.39, 0.29) is 17.8 Å². The van der Waals surface area contributed by atoms with Gasteiger partial charge >= 0.3 is 5.97 Å². The van der Waals surface area contributed by atoms with Gasteiger partial charge in [-0.15, -0.1) is 0 Å². The second kappa shape index (κ2) is 9.20. The molecule has 0 aliphatic carbocycles. The minimum atomic E-state index is -0.945. The number of rotatable bonds is 5. The van der Waals surface area contributed by atoms with E-state index < -0.39 is 5.97 Å². The van der Waals surface area contributed by atoms with Crippen molar-refractivity contribution in [2.24, 2.45) is 0 Å². The Hall–Kier alpha value is -4.22. The van der Waals surface area contributed by atoms with Crippen LogP contribution in [0.3, 0.4) is 0 Å². The molecule has 4 aromatic carbocycles. The number of carboxylic acid groups (broad SMARTS) is 1. The normalized spacial score (nSPS) is 11.0. The lowest BCUT2D eigenvalue weighted by atomic mass is 9.97. The van der Waals surface area contributed by atoms with E-state index in [9.17, 15) is 9.59 Å². The third-order valence-electron chi connectivity index (χ3n) is 5.89. The fourth-order valence-corrected chi connectivity index (χ4v) is 4.49. The summed E-state index contributed by atoms with van der Waals surface area (Å²) in [6, 6.07) is 26.4. The number of aromatic nitrogens is 1. The van der Waals surface area contributed by atoms with Crippen LogP contribution < -0.4 is 5.56 Å². The van der Waals surface area contributed by atoms with Gasteiger partial charge in [-0.2, -0.15) is 0 Å². The van der Waals surface area contributed by atoms with Crippen molar-refractivity contribution in [2.45, 2.75) is 6.42 Å². The lowest BCUT2D eigenvalue weighted by Gasteiger charge is -2.11. The monoisotopic (exact) mass is 483 g/mol. The second-order valence-corrected chi connectivity index (χ2v) is 8.67. The van der Waals surface area contributed by atoms with Crippen LogP contribution in [-0.2, 0) is 11.2 Å². The smallest absolute Gasteiger partial charge is 0.307 e. The van der Waals surface area contributed by atoms with Crippen molar-refractivity contribution in [1.29, 1.82) is 0 Å². The SMILES string of the molecule is O=C(O)Cc1cccc(-c2cc3cc(-c4ccc(-c5ccccc5)c(F)c4)c(Cl)cc3[nH]c2=O)c1. The van der Waals surface area contributed by atoms with Crippen LogP contribution in [0.1, 0.15) is 5.56 Å². The summed E-state index contributed by atoms with van der Waals surface area (Å²) in [5, 5.41) is 10.2. The molecule has 0 amide bonds. The molecule has 4 nitrogen and oxygen atoms in total. The first-order valence-electron chi connectivity index (χ1n) is 10.9. The Bertz CT molecular complexity index is 1640. The maximum absolute atomic E-state index is 15.0. The highest BCUT2D eigenvalue weighted by Crippen LogP contribution is 2.35. The van der Waals surface area contributed by atoms with Gasteiger partial charge in [0.25, 0.3) is 5.56 Å². The number of H-pyrrole nitrogens is 1. The Morgan fingerprint density at radius 2 is 1.51 bits per heavy atom. The molecule has 0 bridgehead atoms. The lowest BCUT2D eigenvalue weighted by Crippen LogP contribution is -2.09. The number of nitrogens with one attached hydrogen (secondary N) is 1. The van der Waals surface area contributed by atoms with Gasteiger partial charge in [0, 0.05) is 22.2 Å². The quantitative estimate of drug-likeness (QED) is 0.284. The molecule has 5 rings (SSSR count). The molecule has 0 aliphatic heterocycles. The van der Waals surface area contributed by atoms with Crippen LogP contribution >= 0.6 is 11.6 Å². The minimum Gasteiger partial charge on any atom is -0.481 e. The first-order valence-corrected chi connectivity index (χ1v) is 11.3. The number of aromatic amines is 1. The molecule has 35 heavy (non-hydrogen) atoms. The summed E-state index contributed by atoms with van der Waals surface area (Å²) in [5.41, 5.74) is 4.39. The van der Waals surface area contributed by atoms with Crippen LogP contribution in [0.2, 0.25) is 5.02 Å². The minimum absolute atomic E-state index is 0.135. The number of fused-ring (bicyclic) bond motifs is 1. The topological polar surface area (TPSA) is 70.2 Å². The van der Waals surface area contributed by atoms with Crippen molar-refractivity contribution < 1.29 is 14.3 Å². The largest absolute Gasteiger partial charge is 0.481 e. The summed E-state index contributed by atoms with van der Waals surface area (Å²) >= 11 is 6.53. The Morgan fingerprint density at radius 1 is 0.800 bits per heavy atom. The first-order chi connectivity index (χ1) is 16.9. The maximum Gasteiger partial charge on any atom is 0.307 e. The van der Waals surface area contributed by atoms with E-state index in [1.807, 2.05) is 42.5 Å². The Kier molecular flexibility index (Phi) is 5.93. The number of pyridine rings is 1. The van der Waals surface area contributed by atoms with Gasteiger partial charge in [0.15, 0.2) is 0 Å². The molecule has 0 spiro atoms. The summed E-state index contributed by atoms with van der Waals surface area (Å²) in [5.74, 6) is -1.30. The van der Waals surface area contributed by atoms with E-state index in [1.54, 1.807) is 42.5 Å². The molecule has 172 valence electrons. The average Bonchev–Trinajstić information content (AvgIpc) is 2.83. The molecule has 0 unspecified atom stereocenters. The molecule has 1 aromatic heterocycles. The third kappa shape index (κ3) is 4.59. The zero-order valence-electron chi connectivity index (χ0n) is 18.4. The van der Waals surface area contributed by atoms with Crippen LogP contribution in [0.15, 0.2) is 95.8 Å². The Balaban J connectivity index is 1.59. The van der Waals surface area contributed by atoms with Crippen LogP contribution in [0.5, 0.6) is 0 Å². The van der Waals surface area contributed by atoms with Gasteiger partial charge in [0.2, 0.25) is 0 Å². The number of benzene rings is 4. The molecule has 0 aliphatic rings. The van der Waals surface area contributed by atoms with E-state index >= 15 is 4.39 Å². The van der Waals surface area contributed by atoms with Crippen molar-refractivity contribution in [2.75, 3.05) is 0 Å². The van der Waals surface area contributed by atoms with Crippen LogP contribution in [0, 0.1) is 5.82 Å².